The highest BCUT2D eigenvalue weighted by Crippen LogP contribution is 2.34. The van der Waals surface area contributed by atoms with Gasteiger partial charge in [-0.2, -0.15) is 0 Å². The summed E-state index contributed by atoms with van der Waals surface area (Å²) in [6, 6.07) is 7.43. The van der Waals surface area contributed by atoms with E-state index < -0.39 is 0 Å². The van der Waals surface area contributed by atoms with Crippen molar-refractivity contribution in [2.24, 2.45) is 5.41 Å². The minimum atomic E-state index is -0.113. The van der Waals surface area contributed by atoms with Crippen molar-refractivity contribution in [1.82, 2.24) is 10.3 Å². The summed E-state index contributed by atoms with van der Waals surface area (Å²) in [6.07, 6.45) is 4.37. The lowest BCUT2D eigenvalue weighted by molar-refractivity contribution is 0.0924. The molecule has 0 radical (unpaired) electrons. The van der Waals surface area contributed by atoms with E-state index in [0.717, 1.165) is 17.5 Å². The van der Waals surface area contributed by atoms with E-state index in [1.165, 1.54) is 0 Å². The van der Waals surface area contributed by atoms with Crippen molar-refractivity contribution in [3.63, 3.8) is 0 Å². The zero-order valence-corrected chi connectivity index (χ0v) is 15.8. The Morgan fingerprint density at radius 1 is 1.23 bits per heavy atom. The van der Waals surface area contributed by atoms with E-state index in [0.29, 0.717) is 30.3 Å². The molecule has 1 aromatic heterocycles. The first-order valence-electron chi connectivity index (χ1n) is 8.94. The number of hydrogen-bond acceptors (Lipinski definition) is 4. The van der Waals surface area contributed by atoms with Crippen molar-refractivity contribution in [3.05, 3.63) is 53.3 Å². The summed E-state index contributed by atoms with van der Waals surface area (Å²) in [7, 11) is 0. The number of ether oxygens (including phenoxy) is 2. The molecule has 5 nitrogen and oxygen atoms in total. The third-order valence-electron chi connectivity index (χ3n) is 4.34. The molecule has 0 saturated heterocycles. The minimum absolute atomic E-state index is 0.0651. The van der Waals surface area contributed by atoms with Gasteiger partial charge in [-0.25, -0.2) is 0 Å². The second kappa shape index (κ2) is 7.36. The van der Waals surface area contributed by atoms with Gasteiger partial charge in [-0.15, -0.1) is 0 Å². The number of nitrogens with one attached hydrogen (secondary N) is 1. The van der Waals surface area contributed by atoms with E-state index in [2.05, 4.69) is 31.1 Å². The molecule has 3 rings (SSSR count). The highest BCUT2D eigenvalue weighted by molar-refractivity contribution is 5.96. The van der Waals surface area contributed by atoms with Crippen molar-refractivity contribution in [2.45, 2.75) is 40.2 Å². The summed E-state index contributed by atoms with van der Waals surface area (Å²) in [5.74, 6) is 1.21. The molecule has 5 heteroatoms. The molecule has 1 N–H and O–H groups in total. The quantitative estimate of drug-likeness (QED) is 0.899. The SMILES string of the molecule is Cc1cc2c(cc1C(=O)N[C@H](CC(C)(C)C)c1cccnc1)OCCO2. The number of benzene rings is 1. The standard InChI is InChI=1S/C21H26N2O3/c1-14-10-18-19(26-9-8-25-18)11-16(14)20(24)23-17(12-21(2,3)4)15-6-5-7-22-13-15/h5-7,10-11,13,17H,8-9,12H2,1-4H3,(H,23,24)/t17-/m1/s1. The fraction of sp³-hybridized carbons (Fsp3) is 0.429. The van der Waals surface area contributed by atoms with Gasteiger partial charge in [0.15, 0.2) is 11.5 Å². The molecule has 1 amide bonds. The molecule has 0 spiro atoms. The molecule has 1 aromatic carbocycles. The van der Waals surface area contributed by atoms with Gasteiger partial charge in [-0.1, -0.05) is 26.8 Å². The fourth-order valence-corrected chi connectivity index (χ4v) is 3.12. The van der Waals surface area contributed by atoms with Crippen molar-refractivity contribution in [2.75, 3.05) is 13.2 Å². The Morgan fingerprint density at radius 3 is 2.54 bits per heavy atom. The molecule has 26 heavy (non-hydrogen) atoms. The lowest BCUT2D eigenvalue weighted by Gasteiger charge is -2.27. The Morgan fingerprint density at radius 2 is 1.92 bits per heavy atom. The van der Waals surface area contributed by atoms with Gasteiger partial charge >= 0.3 is 0 Å². The van der Waals surface area contributed by atoms with Gasteiger partial charge in [-0.05, 0) is 48.1 Å². The maximum Gasteiger partial charge on any atom is 0.252 e. The average molecular weight is 354 g/mol. The number of carbonyl (C=O) groups excluding carboxylic acids is 1. The second-order valence-corrected chi connectivity index (χ2v) is 7.89. The highest BCUT2D eigenvalue weighted by Gasteiger charge is 2.24. The highest BCUT2D eigenvalue weighted by atomic mass is 16.6. The van der Waals surface area contributed by atoms with Gasteiger partial charge in [0.2, 0.25) is 0 Å². The third kappa shape index (κ3) is 4.34. The van der Waals surface area contributed by atoms with Crippen molar-refractivity contribution in [1.29, 1.82) is 0 Å². The maximum atomic E-state index is 13.0. The van der Waals surface area contributed by atoms with Crippen LogP contribution in [0.15, 0.2) is 36.7 Å². The Labute approximate surface area is 154 Å². The lowest BCUT2D eigenvalue weighted by Crippen LogP contribution is -2.32. The molecule has 0 saturated carbocycles. The average Bonchev–Trinajstić information content (AvgIpc) is 2.60. The normalized spacial score (nSPS) is 14.6. The summed E-state index contributed by atoms with van der Waals surface area (Å²) in [5.41, 5.74) is 2.55. The first kappa shape index (κ1) is 18.2. The van der Waals surface area contributed by atoms with E-state index in [1.54, 1.807) is 12.3 Å². The summed E-state index contributed by atoms with van der Waals surface area (Å²) >= 11 is 0. The minimum Gasteiger partial charge on any atom is -0.486 e. The van der Waals surface area contributed by atoms with Gasteiger partial charge in [0.25, 0.3) is 5.91 Å². The Kier molecular flexibility index (Phi) is 5.16. The topological polar surface area (TPSA) is 60.5 Å². The van der Waals surface area contributed by atoms with Crippen LogP contribution in [-0.4, -0.2) is 24.1 Å². The molecule has 0 bridgehead atoms. The van der Waals surface area contributed by atoms with Crippen LogP contribution in [0.1, 0.15) is 54.7 Å². The number of aryl methyl sites for hydroxylation is 1. The zero-order valence-electron chi connectivity index (χ0n) is 15.8. The number of aromatic nitrogens is 1. The number of nitrogens with zero attached hydrogens (tertiary/aromatic N) is 1. The Hall–Kier alpha value is -2.56. The van der Waals surface area contributed by atoms with Crippen LogP contribution < -0.4 is 14.8 Å². The molecular formula is C21H26N2O3. The summed E-state index contributed by atoms with van der Waals surface area (Å²) in [6.45, 7) is 9.44. The Bertz CT molecular complexity index is 782. The Balaban J connectivity index is 1.86. The monoisotopic (exact) mass is 354 g/mol. The van der Waals surface area contributed by atoms with E-state index in [4.69, 9.17) is 9.47 Å². The molecule has 2 aromatic rings. The first-order chi connectivity index (χ1) is 12.3. The van der Waals surface area contributed by atoms with Crippen LogP contribution in [0.3, 0.4) is 0 Å². The van der Waals surface area contributed by atoms with Crippen LogP contribution in [0.5, 0.6) is 11.5 Å². The van der Waals surface area contributed by atoms with E-state index >= 15 is 0 Å². The molecule has 138 valence electrons. The van der Waals surface area contributed by atoms with Crippen molar-refractivity contribution >= 4 is 5.91 Å². The number of pyridine rings is 1. The summed E-state index contributed by atoms with van der Waals surface area (Å²) in [5, 5.41) is 3.18. The second-order valence-electron chi connectivity index (χ2n) is 7.89. The molecule has 0 aliphatic carbocycles. The smallest absolute Gasteiger partial charge is 0.252 e. The number of amides is 1. The molecule has 1 aliphatic rings. The third-order valence-corrected chi connectivity index (χ3v) is 4.34. The van der Waals surface area contributed by atoms with Crippen LogP contribution in [0.2, 0.25) is 0 Å². The maximum absolute atomic E-state index is 13.0. The molecular weight excluding hydrogens is 328 g/mol. The molecule has 1 aliphatic heterocycles. The van der Waals surface area contributed by atoms with Gasteiger partial charge in [0.1, 0.15) is 13.2 Å². The molecule has 0 unspecified atom stereocenters. The number of rotatable bonds is 4. The molecule has 2 heterocycles. The van der Waals surface area contributed by atoms with Crippen LogP contribution in [-0.2, 0) is 0 Å². The van der Waals surface area contributed by atoms with Gasteiger partial charge in [0.05, 0.1) is 6.04 Å². The van der Waals surface area contributed by atoms with Crippen LogP contribution in [0.25, 0.3) is 0 Å². The van der Waals surface area contributed by atoms with Crippen molar-refractivity contribution < 1.29 is 14.3 Å². The van der Waals surface area contributed by atoms with Crippen LogP contribution >= 0.6 is 0 Å². The van der Waals surface area contributed by atoms with Crippen LogP contribution in [0, 0.1) is 12.3 Å². The van der Waals surface area contributed by atoms with Crippen molar-refractivity contribution in [3.8, 4) is 11.5 Å². The van der Waals surface area contributed by atoms with Gasteiger partial charge < -0.3 is 14.8 Å². The van der Waals surface area contributed by atoms with Crippen LogP contribution in [0.4, 0.5) is 0 Å². The van der Waals surface area contributed by atoms with Gasteiger partial charge in [0, 0.05) is 18.0 Å². The first-order valence-corrected chi connectivity index (χ1v) is 8.94. The van der Waals surface area contributed by atoms with E-state index in [9.17, 15) is 4.79 Å². The van der Waals surface area contributed by atoms with E-state index in [-0.39, 0.29) is 17.4 Å². The number of hydrogen-bond donors (Lipinski definition) is 1. The predicted molar refractivity (Wildman–Crippen MR) is 101 cm³/mol. The number of carbonyl (C=O) groups is 1. The largest absolute Gasteiger partial charge is 0.486 e. The molecule has 1 atom stereocenters. The fourth-order valence-electron chi connectivity index (χ4n) is 3.12. The predicted octanol–water partition coefficient (Wildman–Crippen LogP) is 4.07. The summed E-state index contributed by atoms with van der Waals surface area (Å²) < 4.78 is 11.2. The number of fused-ring (bicyclic) bond motifs is 1. The molecule has 0 fully saturated rings. The van der Waals surface area contributed by atoms with E-state index in [1.807, 2.05) is 31.3 Å². The zero-order chi connectivity index (χ0) is 18.7. The lowest BCUT2D eigenvalue weighted by atomic mass is 9.85. The summed E-state index contributed by atoms with van der Waals surface area (Å²) in [4.78, 5) is 17.2. The van der Waals surface area contributed by atoms with Gasteiger partial charge in [-0.3, -0.25) is 9.78 Å².